The van der Waals surface area contributed by atoms with Crippen LogP contribution in [0.3, 0.4) is 0 Å². The minimum Gasteiger partial charge on any atom is -0.493 e. The first-order valence-electron chi connectivity index (χ1n) is 8.22. The molecule has 0 radical (unpaired) electrons. The van der Waals surface area contributed by atoms with Gasteiger partial charge in [0.05, 0.1) is 33.0 Å². The number of ether oxygens (including phenoxy) is 4. The number of benzene rings is 2. The van der Waals surface area contributed by atoms with Crippen LogP contribution in [0.25, 0.3) is 0 Å². The number of methoxy groups -OCH3 is 4. The van der Waals surface area contributed by atoms with Crippen LogP contribution < -0.4 is 19.5 Å². The summed E-state index contributed by atoms with van der Waals surface area (Å²) in [5.74, 6) is 0.924. The highest BCUT2D eigenvalue weighted by molar-refractivity contribution is 5.98. The van der Waals surface area contributed by atoms with Gasteiger partial charge in [0.25, 0.3) is 5.91 Å². The number of carbonyl (C=O) groups is 1. The highest BCUT2D eigenvalue weighted by atomic mass is 16.5. The van der Waals surface area contributed by atoms with Crippen LogP contribution in [-0.2, 0) is 4.74 Å². The Balaban J connectivity index is 2.21. The number of amides is 1. The lowest BCUT2D eigenvalue weighted by molar-refractivity contribution is 0.0823. The van der Waals surface area contributed by atoms with E-state index in [1.54, 1.807) is 19.2 Å². The van der Waals surface area contributed by atoms with Gasteiger partial charge in [-0.3, -0.25) is 4.79 Å². The second kappa shape index (κ2) is 9.10. The van der Waals surface area contributed by atoms with E-state index in [1.165, 1.54) is 21.3 Å². The van der Waals surface area contributed by atoms with Crippen LogP contribution in [0.1, 0.15) is 27.6 Å². The van der Waals surface area contributed by atoms with Crippen molar-refractivity contribution >= 4 is 5.91 Å². The molecule has 6 nitrogen and oxygen atoms in total. The molecule has 1 N–H and O–H groups in total. The predicted molar refractivity (Wildman–Crippen MR) is 99.4 cm³/mol. The molecule has 0 aromatic heterocycles. The maximum absolute atomic E-state index is 12.7. The normalized spacial score (nSPS) is 11.6. The van der Waals surface area contributed by atoms with Crippen molar-refractivity contribution in [3.63, 3.8) is 0 Å². The zero-order valence-corrected chi connectivity index (χ0v) is 15.8. The molecule has 0 heterocycles. The topological polar surface area (TPSA) is 66.0 Å². The number of hydrogen-bond acceptors (Lipinski definition) is 5. The van der Waals surface area contributed by atoms with Crippen molar-refractivity contribution in [1.82, 2.24) is 5.32 Å². The van der Waals surface area contributed by atoms with E-state index in [-0.39, 0.29) is 12.0 Å². The van der Waals surface area contributed by atoms with E-state index < -0.39 is 0 Å². The van der Waals surface area contributed by atoms with E-state index in [4.69, 9.17) is 18.9 Å². The van der Waals surface area contributed by atoms with Gasteiger partial charge in [0.1, 0.15) is 0 Å². The maximum atomic E-state index is 12.7. The first-order valence-corrected chi connectivity index (χ1v) is 8.22. The third-order valence-corrected chi connectivity index (χ3v) is 4.22. The van der Waals surface area contributed by atoms with Gasteiger partial charge >= 0.3 is 0 Å². The van der Waals surface area contributed by atoms with Gasteiger partial charge in [-0.2, -0.15) is 0 Å². The minimum atomic E-state index is -0.279. The molecule has 0 bridgehead atoms. The van der Waals surface area contributed by atoms with Gasteiger partial charge in [-0.1, -0.05) is 24.3 Å². The number of carbonyl (C=O) groups excluding carboxylic acids is 1. The van der Waals surface area contributed by atoms with Crippen LogP contribution in [0, 0.1) is 6.92 Å². The van der Waals surface area contributed by atoms with E-state index in [9.17, 15) is 4.79 Å². The zero-order valence-electron chi connectivity index (χ0n) is 15.8. The van der Waals surface area contributed by atoms with E-state index in [1.807, 2.05) is 31.2 Å². The summed E-state index contributed by atoms with van der Waals surface area (Å²) in [5, 5.41) is 2.90. The van der Waals surface area contributed by atoms with Crippen molar-refractivity contribution in [3.8, 4) is 17.2 Å². The van der Waals surface area contributed by atoms with Crippen LogP contribution in [0.15, 0.2) is 36.4 Å². The van der Waals surface area contributed by atoms with Crippen LogP contribution in [0.4, 0.5) is 0 Å². The number of aryl methyl sites for hydroxylation is 1. The molecule has 1 amide bonds. The highest BCUT2D eigenvalue weighted by Crippen LogP contribution is 2.39. The van der Waals surface area contributed by atoms with Crippen molar-refractivity contribution in [3.05, 3.63) is 53.1 Å². The van der Waals surface area contributed by atoms with E-state index in [2.05, 4.69) is 5.32 Å². The minimum absolute atomic E-state index is 0.244. The van der Waals surface area contributed by atoms with Crippen LogP contribution in [0.5, 0.6) is 17.2 Å². The summed E-state index contributed by atoms with van der Waals surface area (Å²) in [6, 6.07) is 11.2. The standard InChI is InChI=1S/C20H25NO5/c1-13-8-6-7-9-14(13)17(24-3)12-21-20(22)15-10-11-16(23-2)19(26-5)18(15)25-4/h6-11,17H,12H2,1-5H3,(H,21,22). The molecule has 0 saturated heterocycles. The first kappa shape index (κ1) is 19.6. The smallest absolute Gasteiger partial charge is 0.255 e. The van der Waals surface area contributed by atoms with Crippen molar-refractivity contribution in [2.24, 2.45) is 0 Å². The molecule has 0 aliphatic carbocycles. The lowest BCUT2D eigenvalue weighted by Crippen LogP contribution is -2.29. The predicted octanol–water partition coefficient (Wildman–Crippen LogP) is 3.14. The Morgan fingerprint density at radius 3 is 2.23 bits per heavy atom. The van der Waals surface area contributed by atoms with Gasteiger partial charge in [0.15, 0.2) is 11.5 Å². The second-order valence-corrected chi connectivity index (χ2v) is 5.67. The molecule has 0 fully saturated rings. The van der Waals surface area contributed by atoms with Gasteiger partial charge in [0.2, 0.25) is 5.75 Å². The van der Waals surface area contributed by atoms with Crippen LogP contribution in [0.2, 0.25) is 0 Å². The molecule has 26 heavy (non-hydrogen) atoms. The number of hydrogen-bond donors (Lipinski definition) is 1. The summed E-state index contributed by atoms with van der Waals surface area (Å²) in [6.45, 7) is 2.35. The molecule has 2 rings (SSSR count). The van der Waals surface area contributed by atoms with Crippen LogP contribution in [-0.4, -0.2) is 40.9 Å². The lowest BCUT2D eigenvalue weighted by atomic mass is 10.0. The van der Waals surface area contributed by atoms with E-state index in [0.717, 1.165) is 11.1 Å². The Kier molecular flexibility index (Phi) is 6.86. The van der Waals surface area contributed by atoms with Gasteiger partial charge in [-0.25, -0.2) is 0 Å². The lowest BCUT2D eigenvalue weighted by Gasteiger charge is -2.19. The highest BCUT2D eigenvalue weighted by Gasteiger charge is 2.22. The van der Waals surface area contributed by atoms with Gasteiger partial charge in [-0.15, -0.1) is 0 Å². The number of rotatable bonds is 8. The molecule has 0 aliphatic rings. The largest absolute Gasteiger partial charge is 0.493 e. The molecule has 0 saturated carbocycles. The Hall–Kier alpha value is -2.73. The average Bonchev–Trinajstić information content (AvgIpc) is 2.67. The maximum Gasteiger partial charge on any atom is 0.255 e. The summed E-state index contributed by atoms with van der Waals surface area (Å²) >= 11 is 0. The Bertz CT molecular complexity index is 760. The van der Waals surface area contributed by atoms with Gasteiger partial charge in [0, 0.05) is 13.7 Å². The summed E-state index contributed by atoms with van der Waals surface area (Å²) in [7, 11) is 6.14. The van der Waals surface area contributed by atoms with E-state index in [0.29, 0.717) is 29.4 Å². The van der Waals surface area contributed by atoms with E-state index >= 15 is 0 Å². The molecule has 1 unspecified atom stereocenters. The van der Waals surface area contributed by atoms with Gasteiger partial charge < -0.3 is 24.3 Å². The fourth-order valence-corrected chi connectivity index (χ4v) is 2.83. The summed E-state index contributed by atoms with van der Waals surface area (Å²) < 4.78 is 21.5. The van der Waals surface area contributed by atoms with Gasteiger partial charge in [-0.05, 0) is 30.2 Å². The summed E-state index contributed by atoms with van der Waals surface area (Å²) in [4.78, 5) is 12.7. The molecular formula is C20H25NO5. The average molecular weight is 359 g/mol. The summed E-state index contributed by atoms with van der Waals surface area (Å²) in [6.07, 6.45) is -0.244. The monoisotopic (exact) mass is 359 g/mol. The summed E-state index contributed by atoms with van der Waals surface area (Å²) in [5.41, 5.74) is 2.51. The van der Waals surface area contributed by atoms with Crippen molar-refractivity contribution in [1.29, 1.82) is 0 Å². The quantitative estimate of drug-likeness (QED) is 0.784. The molecule has 6 heteroatoms. The molecule has 140 valence electrons. The molecule has 2 aromatic carbocycles. The Morgan fingerprint density at radius 1 is 0.962 bits per heavy atom. The fraction of sp³-hybridized carbons (Fsp3) is 0.350. The zero-order chi connectivity index (χ0) is 19.1. The van der Waals surface area contributed by atoms with Crippen molar-refractivity contribution in [2.75, 3.05) is 35.0 Å². The molecule has 1 atom stereocenters. The molecule has 0 spiro atoms. The van der Waals surface area contributed by atoms with Crippen molar-refractivity contribution in [2.45, 2.75) is 13.0 Å². The van der Waals surface area contributed by atoms with Crippen LogP contribution >= 0.6 is 0 Å². The fourth-order valence-electron chi connectivity index (χ4n) is 2.83. The SMILES string of the molecule is COc1ccc(C(=O)NCC(OC)c2ccccc2C)c(OC)c1OC. The second-order valence-electron chi connectivity index (χ2n) is 5.67. The first-order chi connectivity index (χ1) is 12.6. The molecule has 2 aromatic rings. The molecular weight excluding hydrogens is 334 g/mol. The molecule has 0 aliphatic heterocycles. The third-order valence-electron chi connectivity index (χ3n) is 4.22. The van der Waals surface area contributed by atoms with Crippen molar-refractivity contribution < 1.29 is 23.7 Å². The Morgan fingerprint density at radius 2 is 1.65 bits per heavy atom. The Labute approximate surface area is 154 Å². The number of nitrogens with one attached hydrogen (secondary N) is 1. The third kappa shape index (κ3) is 4.08.